The minimum atomic E-state index is 0.279. The van der Waals surface area contributed by atoms with Crippen LogP contribution in [0.1, 0.15) is 57.9 Å². The zero-order valence-corrected chi connectivity index (χ0v) is 13.5. The van der Waals surface area contributed by atoms with Crippen molar-refractivity contribution < 1.29 is 0 Å². The van der Waals surface area contributed by atoms with Crippen LogP contribution < -0.4 is 11.3 Å². The molecule has 4 atom stereocenters. The fourth-order valence-electron chi connectivity index (χ4n) is 4.75. The Morgan fingerprint density at radius 2 is 1.81 bits per heavy atom. The van der Waals surface area contributed by atoms with Crippen molar-refractivity contribution in [2.45, 2.75) is 63.8 Å². The lowest BCUT2D eigenvalue weighted by Crippen LogP contribution is -2.59. The van der Waals surface area contributed by atoms with Gasteiger partial charge in [0.1, 0.15) is 0 Å². The number of nitrogens with two attached hydrogens (primary N) is 1. The minimum absolute atomic E-state index is 0.279. The monoisotopic (exact) mass is 286 g/mol. The molecule has 0 heterocycles. The molecule has 0 saturated heterocycles. The third-order valence-corrected chi connectivity index (χ3v) is 6.48. The summed E-state index contributed by atoms with van der Waals surface area (Å²) >= 11 is 0. The van der Waals surface area contributed by atoms with E-state index in [0.717, 1.165) is 17.8 Å². The molecule has 4 unspecified atom stereocenters. The van der Waals surface area contributed by atoms with Crippen LogP contribution in [0.25, 0.3) is 0 Å². The average molecular weight is 286 g/mol. The molecule has 0 amide bonds. The highest BCUT2D eigenvalue weighted by molar-refractivity contribution is 5.31. The Labute approximate surface area is 129 Å². The molecule has 3 rings (SSSR count). The van der Waals surface area contributed by atoms with Gasteiger partial charge in [0.2, 0.25) is 0 Å². The van der Waals surface area contributed by atoms with Crippen molar-refractivity contribution in [2.75, 3.05) is 0 Å². The van der Waals surface area contributed by atoms with Gasteiger partial charge in [0.15, 0.2) is 0 Å². The van der Waals surface area contributed by atoms with Gasteiger partial charge in [0.25, 0.3) is 0 Å². The molecule has 116 valence electrons. The summed E-state index contributed by atoms with van der Waals surface area (Å²) in [5.41, 5.74) is 5.02. The third kappa shape index (κ3) is 2.64. The minimum Gasteiger partial charge on any atom is -0.271 e. The van der Waals surface area contributed by atoms with E-state index >= 15 is 0 Å². The molecule has 0 aromatic heterocycles. The molecule has 2 saturated carbocycles. The van der Waals surface area contributed by atoms with E-state index in [1.165, 1.54) is 44.1 Å². The molecular formula is C19H30N2. The summed E-state index contributed by atoms with van der Waals surface area (Å²) in [5.74, 6) is 8.49. The van der Waals surface area contributed by atoms with E-state index in [2.05, 4.69) is 49.6 Å². The SMILES string of the molecule is CC1CCC(C(NN)C2(c3ccccc3)CCC2)CC1C. The van der Waals surface area contributed by atoms with Crippen LogP contribution in [0.5, 0.6) is 0 Å². The highest BCUT2D eigenvalue weighted by Crippen LogP contribution is 2.50. The molecule has 2 fully saturated rings. The second kappa shape index (κ2) is 6.10. The van der Waals surface area contributed by atoms with Gasteiger partial charge in [-0.15, -0.1) is 0 Å². The predicted octanol–water partition coefficient (Wildman–Crippen LogP) is 4.01. The second-order valence-electron chi connectivity index (χ2n) is 7.55. The third-order valence-electron chi connectivity index (χ3n) is 6.48. The number of rotatable bonds is 4. The Morgan fingerprint density at radius 3 is 2.33 bits per heavy atom. The summed E-state index contributed by atoms with van der Waals surface area (Å²) in [5, 5.41) is 0. The lowest BCUT2D eigenvalue weighted by molar-refractivity contribution is 0.0789. The fourth-order valence-corrected chi connectivity index (χ4v) is 4.75. The highest BCUT2D eigenvalue weighted by atomic mass is 15.2. The van der Waals surface area contributed by atoms with Crippen LogP contribution in [0.15, 0.2) is 30.3 Å². The van der Waals surface area contributed by atoms with Crippen molar-refractivity contribution in [1.82, 2.24) is 5.43 Å². The first-order valence-electron chi connectivity index (χ1n) is 8.69. The lowest BCUT2D eigenvalue weighted by Gasteiger charge is -2.52. The molecule has 2 aliphatic rings. The fraction of sp³-hybridized carbons (Fsp3) is 0.684. The summed E-state index contributed by atoms with van der Waals surface area (Å²) in [4.78, 5) is 0. The van der Waals surface area contributed by atoms with Crippen molar-refractivity contribution in [1.29, 1.82) is 0 Å². The van der Waals surface area contributed by atoms with Crippen LogP contribution in [0.2, 0.25) is 0 Å². The average Bonchev–Trinajstić information content (AvgIpc) is 2.47. The molecule has 0 bridgehead atoms. The van der Waals surface area contributed by atoms with E-state index < -0.39 is 0 Å². The van der Waals surface area contributed by atoms with Gasteiger partial charge in [0, 0.05) is 11.5 Å². The van der Waals surface area contributed by atoms with E-state index in [0.29, 0.717) is 6.04 Å². The topological polar surface area (TPSA) is 38.0 Å². The first kappa shape index (κ1) is 15.1. The Kier molecular flexibility index (Phi) is 4.37. The van der Waals surface area contributed by atoms with Gasteiger partial charge >= 0.3 is 0 Å². The Hall–Kier alpha value is -0.860. The molecule has 2 heteroatoms. The van der Waals surface area contributed by atoms with Gasteiger partial charge in [-0.25, -0.2) is 0 Å². The molecule has 0 spiro atoms. The lowest BCUT2D eigenvalue weighted by atomic mass is 9.55. The first-order chi connectivity index (χ1) is 10.2. The highest BCUT2D eigenvalue weighted by Gasteiger charge is 2.48. The van der Waals surface area contributed by atoms with Crippen LogP contribution >= 0.6 is 0 Å². The van der Waals surface area contributed by atoms with Crippen LogP contribution in [0, 0.1) is 17.8 Å². The molecule has 1 aromatic carbocycles. The van der Waals surface area contributed by atoms with Gasteiger partial charge in [-0.1, -0.05) is 57.0 Å². The van der Waals surface area contributed by atoms with Crippen molar-refractivity contribution in [3.05, 3.63) is 35.9 Å². The molecule has 1 aromatic rings. The van der Waals surface area contributed by atoms with Gasteiger partial charge in [-0.2, -0.15) is 0 Å². The summed E-state index contributed by atoms with van der Waals surface area (Å²) < 4.78 is 0. The molecule has 0 aliphatic heterocycles. The number of nitrogens with one attached hydrogen (secondary N) is 1. The van der Waals surface area contributed by atoms with E-state index in [-0.39, 0.29) is 5.41 Å². The van der Waals surface area contributed by atoms with Crippen LogP contribution in [-0.4, -0.2) is 6.04 Å². The maximum Gasteiger partial charge on any atom is 0.0335 e. The van der Waals surface area contributed by atoms with Crippen LogP contribution in [-0.2, 0) is 5.41 Å². The first-order valence-corrected chi connectivity index (χ1v) is 8.69. The van der Waals surface area contributed by atoms with Crippen molar-refractivity contribution in [3.63, 3.8) is 0 Å². The van der Waals surface area contributed by atoms with Gasteiger partial charge in [-0.3, -0.25) is 11.3 Å². The zero-order chi connectivity index (χ0) is 14.9. The molecular weight excluding hydrogens is 256 g/mol. The molecule has 2 nitrogen and oxygen atoms in total. The van der Waals surface area contributed by atoms with Crippen molar-refractivity contribution in [2.24, 2.45) is 23.6 Å². The van der Waals surface area contributed by atoms with E-state index in [4.69, 9.17) is 5.84 Å². The summed E-state index contributed by atoms with van der Waals surface area (Å²) in [6.45, 7) is 4.82. The smallest absolute Gasteiger partial charge is 0.0335 e. The van der Waals surface area contributed by atoms with Gasteiger partial charge in [-0.05, 0) is 49.0 Å². The normalized spacial score (nSPS) is 33.2. The molecule has 21 heavy (non-hydrogen) atoms. The maximum atomic E-state index is 6.07. The second-order valence-corrected chi connectivity index (χ2v) is 7.55. The zero-order valence-electron chi connectivity index (χ0n) is 13.5. The maximum absolute atomic E-state index is 6.07. The number of hydrazine groups is 1. The molecule has 0 radical (unpaired) electrons. The Morgan fingerprint density at radius 1 is 1.10 bits per heavy atom. The molecule has 3 N–H and O–H groups in total. The standard InChI is InChI=1S/C19H30N2/c1-14-9-10-16(13-15(14)2)18(21-20)19(11-6-12-19)17-7-4-3-5-8-17/h3-5,7-8,14-16,18,21H,6,9-13,20H2,1-2H3. The van der Waals surface area contributed by atoms with E-state index in [9.17, 15) is 0 Å². The quantitative estimate of drug-likeness (QED) is 0.648. The number of benzene rings is 1. The van der Waals surface area contributed by atoms with E-state index in [1.807, 2.05) is 0 Å². The number of hydrogen-bond acceptors (Lipinski definition) is 2. The van der Waals surface area contributed by atoms with Crippen LogP contribution in [0.3, 0.4) is 0 Å². The van der Waals surface area contributed by atoms with Gasteiger partial charge in [0.05, 0.1) is 0 Å². The Bertz CT molecular complexity index is 452. The predicted molar refractivity (Wildman–Crippen MR) is 88.8 cm³/mol. The van der Waals surface area contributed by atoms with Gasteiger partial charge < -0.3 is 0 Å². The van der Waals surface area contributed by atoms with Crippen molar-refractivity contribution >= 4 is 0 Å². The van der Waals surface area contributed by atoms with E-state index in [1.54, 1.807) is 0 Å². The summed E-state index contributed by atoms with van der Waals surface area (Å²) in [6.07, 6.45) is 7.92. The largest absolute Gasteiger partial charge is 0.271 e. The van der Waals surface area contributed by atoms with Crippen molar-refractivity contribution in [3.8, 4) is 0 Å². The number of hydrogen-bond donors (Lipinski definition) is 2. The van der Waals surface area contributed by atoms with Crippen LogP contribution in [0.4, 0.5) is 0 Å². The summed E-state index contributed by atoms with van der Waals surface area (Å²) in [6, 6.07) is 11.5. The summed E-state index contributed by atoms with van der Waals surface area (Å²) in [7, 11) is 0. The molecule has 2 aliphatic carbocycles. The Balaban J connectivity index is 1.84.